The molecule has 0 aromatic carbocycles. The maximum Gasteiger partial charge on any atom is 0.192 e. The highest BCUT2D eigenvalue weighted by Crippen LogP contribution is 2.21. The van der Waals surface area contributed by atoms with Gasteiger partial charge in [-0.2, -0.15) is 0 Å². The summed E-state index contributed by atoms with van der Waals surface area (Å²) in [6.45, 7) is 1.86. The van der Waals surface area contributed by atoms with Crippen molar-refractivity contribution in [1.82, 2.24) is 9.38 Å². The molecule has 0 amide bonds. The molecule has 0 aliphatic heterocycles. The van der Waals surface area contributed by atoms with Crippen molar-refractivity contribution in [1.29, 1.82) is 0 Å². The number of hydrogen-bond acceptors (Lipinski definition) is 2. The van der Waals surface area contributed by atoms with E-state index in [0.717, 1.165) is 22.5 Å². The average molecular weight is 172 g/mol. The van der Waals surface area contributed by atoms with Crippen LogP contribution in [0.3, 0.4) is 0 Å². The Morgan fingerprint density at radius 1 is 1.38 bits per heavy atom. The van der Waals surface area contributed by atoms with Crippen LogP contribution >= 0.6 is 0 Å². The minimum absolute atomic E-state index is 0.719. The van der Waals surface area contributed by atoms with Crippen LogP contribution in [0.5, 0.6) is 0 Å². The van der Waals surface area contributed by atoms with Crippen LogP contribution in [-0.2, 0) is 0 Å². The van der Waals surface area contributed by atoms with Crippen molar-refractivity contribution in [2.24, 2.45) is 0 Å². The van der Waals surface area contributed by atoms with Gasteiger partial charge in [0.25, 0.3) is 0 Å². The molecular formula is C10H8N2O. The lowest BCUT2D eigenvalue weighted by Gasteiger charge is -1.90. The fourth-order valence-corrected chi connectivity index (χ4v) is 1.61. The highest BCUT2D eigenvalue weighted by molar-refractivity contribution is 5.90. The molecule has 0 saturated heterocycles. The summed E-state index contributed by atoms with van der Waals surface area (Å²) in [6.07, 6.45) is 3.94. The lowest BCUT2D eigenvalue weighted by Crippen LogP contribution is -1.79. The molecule has 0 spiro atoms. The molecule has 3 heteroatoms. The SMILES string of the molecule is Cc1nc2c(cn3ccccc23)o1. The Bertz CT molecular complexity index is 577. The zero-order valence-electron chi connectivity index (χ0n) is 7.19. The van der Waals surface area contributed by atoms with Crippen molar-refractivity contribution >= 4 is 16.6 Å². The molecule has 3 rings (SSSR count). The van der Waals surface area contributed by atoms with Gasteiger partial charge in [-0.25, -0.2) is 4.98 Å². The summed E-state index contributed by atoms with van der Waals surface area (Å²) in [6, 6.07) is 6.02. The van der Waals surface area contributed by atoms with E-state index < -0.39 is 0 Å². The van der Waals surface area contributed by atoms with Gasteiger partial charge in [0.15, 0.2) is 11.5 Å². The summed E-state index contributed by atoms with van der Waals surface area (Å²) in [7, 11) is 0. The third-order valence-corrected chi connectivity index (χ3v) is 2.15. The van der Waals surface area contributed by atoms with Crippen LogP contribution in [0, 0.1) is 6.92 Å². The maximum atomic E-state index is 5.42. The number of aryl methyl sites for hydroxylation is 1. The van der Waals surface area contributed by atoms with Gasteiger partial charge in [0.2, 0.25) is 0 Å². The van der Waals surface area contributed by atoms with Gasteiger partial charge in [0.1, 0.15) is 5.52 Å². The zero-order valence-corrected chi connectivity index (χ0v) is 7.19. The summed E-state index contributed by atoms with van der Waals surface area (Å²) in [4.78, 5) is 4.31. The smallest absolute Gasteiger partial charge is 0.192 e. The van der Waals surface area contributed by atoms with E-state index in [2.05, 4.69) is 4.98 Å². The Labute approximate surface area is 74.6 Å². The number of hydrogen-bond donors (Lipinski definition) is 0. The lowest BCUT2D eigenvalue weighted by molar-refractivity contribution is 0.560. The van der Waals surface area contributed by atoms with Crippen molar-refractivity contribution in [3.05, 3.63) is 36.5 Å². The third-order valence-electron chi connectivity index (χ3n) is 2.15. The summed E-state index contributed by atoms with van der Waals surface area (Å²) in [5.74, 6) is 0.719. The Hall–Kier alpha value is -1.77. The number of pyridine rings is 1. The molecule has 3 aromatic rings. The monoisotopic (exact) mass is 172 g/mol. The van der Waals surface area contributed by atoms with Crippen LogP contribution in [-0.4, -0.2) is 9.38 Å². The van der Waals surface area contributed by atoms with Gasteiger partial charge in [0, 0.05) is 13.1 Å². The zero-order chi connectivity index (χ0) is 8.84. The lowest BCUT2D eigenvalue weighted by atomic mass is 10.4. The van der Waals surface area contributed by atoms with E-state index in [4.69, 9.17) is 4.42 Å². The van der Waals surface area contributed by atoms with Crippen molar-refractivity contribution in [2.75, 3.05) is 0 Å². The van der Waals surface area contributed by atoms with Crippen LogP contribution < -0.4 is 0 Å². The van der Waals surface area contributed by atoms with Gasteiger partial charge < -0.3 is 8.82 Å². The summed E-state index contributed by atoms with van der Waals surface area (Å²) >= 11 is 0. The molecule has 0 bridgehead atoms. The van der Waals surface area contributed by atoms with Crippen molar-refractivity contribution < 1.29 is 4.42 Å². The molecule has 0 unspecified atom stereocenters. The first-order chi connectivity index (χ1) is 6.34. The highest BCUT2D eigenvalue weighted by atomic mass is 16.3. The molecule has 0 saturated carbocycles. The molecule has 64 valence electrons. The van der Waals surface area contributed by atoms with E-state index in [9.17, 15) is 0 Å². The van der Waals surface area contributed by atoms with Crippen molar-refractivity contribution in [3.63, 3.8) is 0 Å². The predicted molar refractivity (Wildman–Crippen MR) is 49.7 cm³/mol. The first-order valence-electron chi connectivity index (χ1n) is 4.17. The van der Waals surface area contributed by atoms with E-state index >= 15 is 0 Å². The van der Waals surface area contributed by atoms with Gasteiger partial charge in [-0.15, -0.1) is 0 Å². The van der Waals surface area contributed by atoms with Gasteiger partial charge >= 0.3 is 0 Å². The fraction of sp³-hybridized carbons (Fsp3) is 0.100. The van der Waals surface area contributed by atoms with E-state index in [0.29, 0.717) is 0 Å². The van der Waals surface area contributed by atoms with Crippen molar-refractivity contribution in [2.45, 2.75) is 6.92 Å². The van der Waals surface area contributed by atoms with E-state index in [1.807, 2.05) is 41.9 Å². The Morgan fingerprint density at radius 2 is 2.31 bits per heavy atom. The summed E-state index contributed by atoms with van der Waals surface area (Å²) in [5.41, 5.74) is 2.89. The second-order valence-electron chi connectivity index (χ2n) is 3.07. The largest absolute Gasteiger partial charge is 0.439 e. The fourth-order valence-electron chi connectivity index (χ4n) is 1.61. The minimum Gasteiger partial charge on any atom is -0.439 e. The molecule has 0 N–H and O–H groups in total. The second kappa shape index (κ2) is 2.13. The summed E-state index contributed by atoms with van der Waals surface area (Å²) < 4.78 is 7.44. The molecular weight excluding hydrogens is 164 g/mol. The number of fused-ring (bicyclic) bond motifs is 3. The van der Waals surface area contributed by atoms with Crippen LogP contribution in [0.2, 0.25) is 0 Å². The van der Waals surface area contributed by atoms with E-state index in [1.165, 1.54) is 0 Å². The van der Waals surface area contributed by atoms with Gasteiger partial charge in [-0.05, 0) is 12.1 Å². The molecule has 0 aliphatic rings. The van der Waals surface area contributed by atoms with Crippen LogP contribution in [0.25, 0.3) is 16.6 Å². The number of oxazole rings is 1. The minimum atomic E-state index is 0.719. The molecule has 3 heterocycles. The molecule has 0 fully saturated rings. The third kappa shape index (κ3) is 0.811. The predicted octanol–water partition coefficient (Wildman–Crippen LogP) is 2.39. The van der Waals surface area contributed by atoms with Gasteiger partial charge in [-0.1, -0.05) is 6.07 Å². The summed E-state index contributed by atoms with van der Waals surface area (Å²) in [5, 5.41) is 0. The Morgan fingerprint density at radius 3 is 3.23 bits per heavy atom. The van der Waals surface area contributed by atoms with Gasteiger partial charge in [0.05, 0.1) is 11.7 Å². The van der Waals surface area contributed by atoms with Crippen LogP contribution in [0.1, 0.15) is 5.89 Å². The first-order valence-corrected chi connectivity index (χ1v) is 4.17. The molecule has 0 aliphatic carbocycles. The topological polar surface area (TPSA) is 30.4 Å². The molecule has 3 nitrogen and oxygen atoms in total. The number of rotatable bonds is 0. The maximum absolute atomic E-state index is 5.42. The average Bonchev–Trinajstić information content (AvgIpc) is 2.60. The standard InChI is InChI=1S/C10H8N2O/c1-7-11-10-8-4-2-3-5-12(8)6-9(10)13-7/h2-6H,1H3. The quantitative estimate of drug-likeness (QED) is 0.521. The van der Waals surface area contributed by atoms with Crippen molar-refractivity contribution in [3.8, 4) is 0 Å². The molecule has 13 heavy (non-hydrogen) atoms. The molecule has 0 radical (unpaired) electrons. The first kappa shape index (κ1) is 6.71. The van der Waals surface area contributed by atoms with E-state index in [-0.39, 0.29) is 0 Å². The molecule has 0 atom stereocenters. The Balaban J connectivity index is 2.60. The number of aromatic nitrogens is 2. The Kier molecular flexibility index (Phi) is 1.10. The van der Waals surface area contributed by atoms with Crippen LogP contribution in [0.4, 0.5) is 0 Å². The normalized spacial score (nSPS) is 11.5. The van der Waals surface area contributed by atoms with Crippen LogP contribution in [0.15, 0.2) is 35.0 Å². The molecule has 3 aromatic heterocycles. The highest BCUT2D eigenvalue weighted by Gasteiger charge is 2.07. The van der Waals surface area contributed by atoms with Gasteiger partial charge in [-0.3, -0.25) is 0 Å². The number of nitrogens with zero attached hydrogens (tertiary/aromatic N) is 2. The van der Waals surface area contributed by atoms with E-state index in [1.54, 1.807) is 0 Å². The second-order valence-corrected chi connectivity index (χ2v) is 3.07.